The molecule has 0 saturated carbocycles. The van der Waals surface area contributed by atoms with Gasteiger partial charge in [0.25, 0.3) is 0 Å². The zero-order valence-corrected chi connectivity index (χ0v) is 12.9. The Hall–Kier alpha value is -1.46. The van der Waals surface area contributed by atoms with Crippen LogP contribution < -0.4 is 0 Å². The first-order chi connectivity index (χ1) is 10.1. The molecule has 0 aliphatic carbocycles. The van der Waals surface area contributed by atoms with Crippen molar-refractivity contribution in [3.05, 3.63) is 52.0 Å². The van der Waals surface area contributed by atoms with Crippen LogP contribution >= 0.6 is 22.9 Å². The van der Waals surface area contributed by atoms with E-state index in [0.29, 0.717) is 11.3 Å². The lowest BCUT2D eigenvalue weighted by atomic mass is 10.1. The maximum Gasteiger partial charge on any atom is 0.153 e. The smallest absolute Gasteiger partial charge is 0.153 e. The summed E-state index contributed by atoms with van der Waals surface area (Å²) in [5, 5.41) is 4.08. The zero-order chi connectivity index (χ0) is 15.0. The van der Waals surface area contributed by atoms with Gasteiger partial charge in [0.05, 0.1) is 11.4 Å². The molecule has 0 saturated heterocycles. The fraction of sp³-hybridized carbons (Fsp3) is 0.267. The first kappa shape index (κ1) is 14.5. The monoisotopic (exact) mass is 326 g/mol. The minimum absolute atomic E-state index is 0.0135. The zero-order valence-electron chi connectivity index (χ0n) is 11.3. The molecule has 6 heteroatoms. The van der Waals surface area contributed by atoms with Crippen molar-refractivity contribution in [1.82, 2.24) is 9.55 Å². The standard InChI is InChI=1S/C15H13ClF2N2S/c1-9(4-10-2-3-21-8-10)20-13-6-11(17)5-12(18)15(13)19-14(20)7-16/h2-3,5-6,8-9H,4,7H2,1H3. The van der Waals surface area contributed by atoms with Gasteiger partial charge in [-0.15, -0.1) is 11.6 Å². The van der Waals surface area contributed by atoms with Gasteiger partial charge in [-0.2, -0.15) is 11.3 Å². The summed E-state index contributed by atoms with van der Waals surface area (Å²) in [7, 11) is 0. The van der Waals surface area contributed by atoms with Crippen molar-refractivity contribution in [2.24, 2.45) is 0 Å². The number of aromatic nitrogens is 2. The van der Waals surface area contributed by atoms with Gasteiger partial charge in [-0.05, 0) is 41.8 Å². The maximum atomic E-state index is 13.9. The average molecular weight is 327 g/mol. The van der Waals surface area contributed by atoms with Crippen molar-refractivity contribution < 1.29 is 8.78 Å². The topological polar surface area (TPSA) is 17.8 Å². The summed E-state index contributed by atoms with van der Waals surface area (Å²) in [6.07, 6.45) is 0.761. The van der Waals surface area contributed by atoms with Gasteiger partial charge in [0.2, 0.25) is 0 Å². The average Bonchev–Trinajstić information content (AvgIpc) is 3.05. The van der Waals surface area contributed by atoms with Crippen LogP contribution in [-0.2, 0) is 12.3 Å². The molecular weight excluding hydrogens is 314 g/mol. The number of rotatable bonds is 4. The van der Waals surface area contributed by atoms with Crippen molar-refractivity contribution in [1.29, 1.82) is 0 Å². The van der Waals surface area contributed by atoms with E-state index in [9.17, 15) is 8.78 Å². The molecular formula is C15H13ClF2N2S. The molecule has 1 atom stereocenters. The Kier molecular flexibility index (Phi) is 3.95. The number of fused-ring (bicyclic) bond motifs is 1. The summed E-state index contributed by atoms with van der Waals surface area (Å²) < 4.78 is 29.2. The molecule has 0 radical (unpaired) electrons. The summed E-state index contributed by atoms with van der Waals surface area (Å²) in [6.45, 7) is 2.00. The molecule has 0 aliphatic rings. The highest BCUT2D eigenvalue weighted by molar-refractivity contribution is 7.07. The van der Waals surface area contributed by atoms with Crippen molar-refractivity contribution in [3.63, 3.8) is 0 Å². The number of nitrogens with zero attached hydrogens (tertiary/aromatic N) is 2. The summed E-state index contributed by atoms with van der Waals surface area (Å²) in [5.74, 6) is -0.550. The SMILES string of the molecule is CC(Cc1ccsc1)n1c(CCl)nc2c(F)cc(F)cc21. The Morgan fingerprint density at radius 2 is 2.19 bits per heavy atom. The van der Waals surface area contributed by atoms with E-state index < -0.39 is 11.6 Å². The number of benzene rings is 1. The Labute approximate surface area is 130 Å². The molecule has 2 nitrogen and oxygen atoms in total. The van der Waals surface area contributed by atoms with E-state index in [1.54, 1.807) is 11.3 Å². The third-order valence-electron chi connectivity index (χ3n) is 3.46. The number of hydrogen-bond donors (Lipinski definition) is 0. The predicted octanol–water partition coefficient (Wildman–Crippen LogP) is 4.92. The van der Waals surface area contributed by atoms with Gasteiger partial charge in [-0.3, -0.25) is 0 Å². The van der Waals surface area contributed by atoms with E-state index >= 15 is 0 Å². The minimum Gasteiger partial charge on any atom is -0.324 e. The van der Waals surface area contributed by atoms with Crippen LogP contribution in [-0.4, -0.2) is 9.55 Å². The van der Waals surface area contributed by atoms with E-state index in [1.165, 1.54) is 11.6 Å². The van der Waals surface area contributed by atoms with Gasteiger partial charge in [-0.1, -0.05) is 0 Å². The molecule has 0 aliphatic heterocycles. The normalized spacial score (nSPS) is 13.0. The van der Waals surface area contributed by atoms with Crippen LogP contribution in [0.1, 0.15) is 24.4 Å². The van der Waals surface area contributed by atoms with Crippen molar-refractivity contribution in [3.8, 4) is 0 Å². The van der Waals surface area contributed by atoms with Crippen LogP contribution in [0.5, 0.6) is 0 Å². The lowest BCUT2D eigenvalue weighted by Gasteiger charge is -2.16. The Balaban J connectivity index is 2.11. The quantitative estimate of drug-likeness (QED) is 0.622. The van der Waals surface area contributed by atoms with E-state index in [-0.39, 0.29) is 17.4 Å². The lowest BCUT2D eigenvalue weighted by Crippen LogP contribution is -2.11. The fourth-order valence-electron chi connectivity index (χ4n) is 2.60. The summed E-state index contributed by atoms with van der Waals surface area (Å²) in [5.41, 5.74) is 1.81. The first-order valence-electron chi connectivity index (χ1n) is 6.53. The predicted molar refractivity (Wildman–Crippen MR) is 81.9 cm³/mol. The van der Waals surface area contributed by atoms with E-state index in [4.69, 9.17) is 11.6 Å². The van der Waals surface area contributed by atoms with Crippen LogP contribution in [0.15, 0.2) is 29.0 Å². The van der Waals surface area contributed by atoms with Crippen LogP contribution in [0.25, 0.3) is 11.0 Å². The van der Waals surface area contributed by atoms with Crippen molar-refractivity contribution in [2.75, 3.05) is 0 Å². The highest BCUT2D eigenvalue weighted by Crippen LogP contribution is 2.27. The summed E-state index contributed by atoms with van der Waals surface area (Å²) >= 11 is 7.55. The fourth-order valence-corrected chi connectivity index (χ4v) is 3.47. The van der Waals surface area contributed by atoms with Crippen LogP contribution in [0.4, 0.5) is 8.78 Å². The molecule has 2 aromatic heterocycles. The molecule has 0 fully saturated rings. The highest BCUT2D eigenvalue weighted by atomic mass is 35.5. The van der Waals surface area contributed by atoms with E-state index in [1.807, 2.05) is 22.9 Å². The second-order valence-corrected chi connectivity index (χ2v) is 6.02. The number of halogens is 3. The molecule has 3 aromatic rings. The molecule has 0 amide bonds. The molecule has 21 heavy (non-hydrogen) atoms. The Morgan fingerprint density at radius 1 is 1.38 bits per heavy atom. The Morgan fingerprint density at radius 3 is 2.86 bits per heavy atom. The Bertz CT molecular complexity index is 768. The van der Waals surface area contributed by atoms with Gasteiger partial charge < -0.3 is 4.57 Å². The second kappa shape index (κ2) is 5.73. The van der Waals surface area contributed by atoms with Gasteiger partial charge in [0.1, 0.15) is 17.2 Å². The molecule has 110 valence electrons. The van der Waals surface area contributed by atoms with Crippen LogP contribution in [0.3, 0.4) is 0 Å². The molecule has 3 rings (SSSR count). The van der Waals surface area contributed by atoms with Gasteiger partial charge in [0, 0.05) is 12.1 Å². The summed E-state index contributed by atoms with van der Waals surface area (Å²) in [4.78, 5) is 4.21. The number of hydrogen-bond acceptors (Lipinski definition) is 2. The van der Waals surface area contributed by atoms with E-state index in [0.717, 1.165) is 12.5 Å². The molecule has 0 spiro atoms. The second-order valence-electron chi connectivity index (χ2n) is 4.97. The van der Waals surface area contributed by atoms with Gasteiger partial charge in [-0.25, -0.2) is 13.8 Å². The van der Waals surface area contributed by atoms with Crippen LogP contribution in [0, 0.1) is 11.6 Å². The number of imidazole rings is 1. The third-order valence-corrected chi connectivity index (χ3v) is 4.43. The number of alkyl halides is 1. The maximum absolute atomic E-state index is 13.9. The third kappa shape index (κ3) is 2.68. The largest absolute Gasteiger partial charge is 0.324 e. The lowest BCUT2D eigenvalue weighted by molar-refractivity contribution is 0.542. The molecule has 2 heterocycles. The van der Waals surface area contributed by atoms with Gasteiger partial charge in [0.15, 0.2) is 5.82 Å². The molecule has 0 N–H and O–H groups in total. The number of thiophene rings is 1. The summed E-state index contributed by atoms with van der Waals surface area (Å²) in [6, 6.07) is 4.22. The van der Waals surface area contributed by atoms with Crippen LogP contribution in [0.2, 0.25) is 0 Å². The van der Waals surface area contributed by atoms with Crippen molar-refractivity contribution >= 4 is 34.0 Å². The molecule has 1 unspecified atom stereocenters. The first-order valence-corrected chi connectivity index (χ1v) is 8.00. The highest BCUT2D eigenvalue weighted by Gasteiger charge is 2.19. The molecule has 1 aromatic carbocycles. The van der Waals surface area contributed by atoms with E-state index in [2.05, 4.69) is 10.4 Å². The minimum atomic E-state index is -0.655. The van der Waals surface area contributed by atoms with Crippen molar-refractivity contribution in [2.45, 2.75) is 25.3 Å². The van der Waals surface area contributed by atoms with Gasteiger partial charge >= 0.3 is 0 Å². The molecule has 0 bridgehead atoms.